The van der Waals surface area contributed by atoms with Gasteiger partial charge in [0.15, 0.2) is 0 Å². The molecular formula is C30H35N3O2. The van der Waals surface area contributed by atoms with E-state index in [0.29, 0.717) is 18.3 Å². The number of rotatable bonds is 9. The first kappa shape index (κ1) is 24.6. The van der Waals surface area contributed by atoms with Crippen molar-refractivity contribution < 1.29 is 9.53 Å². The highest BCUT2D eigenvalue weighted by Gasteiger charge is 2.37. The summed E-state index contributed by atoms with van der Waals surface area (Å²) in [7, 11) is 0. The lowest BCUT2D eigenvalue weighted by Crippen LogP contribution is -2.28. The summed E-state index contributed by atoms with van der Waals surface area (Å²) in [5.41, 5.74) is 7.81. The summed E-state index contributed by atoms with van der Waals surface area (Å²) >= 11 is 0. The predicted molar refractivity (Wildman–Crippen MR) is 141 cm³/mol. The fourth-order valence-corrected chi connectivity index (χ4v) is 5.18. The van der Waals surface area contributed by atoms with Crippen molar-refractivity contribution in [1.29, 1.82) is 0 Å². The number of aromatic nitrogens is 2. The Morgan fingerprint density at radius 1 is 1.14 bits per heavy atom. The van der Waals surface area contributed by atoms with Crippen molar-refractivity contribution in [2.75, 3.05) is 6.61 Å². The van der Waals surface area contributed by atoms with Gasteiger partial charge in [-0.1, -0.05) is 44.2 Å². The van der Waals surface area contributed by atoms with Crippen LogP contribution in [0.4, 0.5) is 0 Å². The maximum Gasteiger partial charge on any atom is 0.356 e. The van der Waals surface area contributed by atoms with E-state index in [2.05, 4.69) is 61.9 Å². The van der Waals surface area contributed by atoms with E-state index in [4.69, 9.17) is 9.72 Å². The zero-order valence-electron chi connectivity index (χ0n) is 21.2. The Morgan fingerprint density at radius 2 is 1.91 bits per heavy atom. The summed E-state index contributed by atoms with van der Waals surface area (Å²) in [6.07, 6.45) is 6.57. The molecule has 182 valence electrons. The average molecular weight is 470 g/mol. The van der Waals surface area contributed by atoms with E-state index in [1.54, 1.807) is 6.20 Å². The molecule has 5 heteroatoms. The van der Waals surface area contributed by atoms with Gasteiger partial charge in [0.1, 0.15) is 5.69 Å². The van der Waals surface area contributed by atoms with Gasteiger partial charge in [0.25, 0.3) is 0 Å². The standard InChI is InChI=1S/C30H35N3O2/c1-6-10-25-26(20(5)32-19(3)4)16-24-17-27(30(34)35-7-2)33-29(28(24)25)22-12-8-11-21(15-22)23-13-9-14-31-18-23/h8-9,11-15,17-19,25-26,32H,5-7,10,16H2,1-4H3/t25-,26?/m0/s1. The molecule has 0 spiro atoms. The summed E-state index contributed by atoms with van der Waals surface area (Å²) in [6.45, 7) is 13.0. The molecule has 0 amide bonds. The van der Waals surface area contributed by atoms with Gasteiger partial charge < -0.3 is 10.1 Å². The van der Waals surface area contributed by atoms with E-state index < -0.39 is 0 Å². The Bertz CT molecular complexity index is 1200. The lowest BCUT2D eigenvalue weighted by molar-refractivity contribution is 0.0519. The maximum absolute atomic E-state index is 12.8. The molecule has 1 unspecified atom stereocenters. The first-order valence-electron chi connectivity index (χ1n) is 12.6. The number of pyridine rings is 2. The number of allylic oxidation sites excluding steroid dienone is 1. The van der Waals surface area contributed by atoms with E-state index in [-0.39, 0.29) is 17.8 Å². The van der Waals surface area contributed by atoms with Crippen LogP contribution in [0.3, 0.4) is 0 Å². The summed E-state index contributed by atoms with van der Waals surface area (Å²) in [6, 6.07) is 14.6. The van der Waals surface area contributed by atoms with Crippen LogP contribution >= 0.6 is 0 Å². The van der Waals surface area contributed by atoms with Crippen LogP contribution in [0.25, 0.3) is 22.4 Å². The third-order valence-electron chi connectivity index (χ3n) is 6.58. The van der Waals surface area contributed by atoms with Crippen molar-refractivity contribution >= 4 is 5.97 Å². The molecule has 0 bridgehead atoms. The lowest BCUT2D eigenvalue weighted by atomic mass is 9.84. The highest BCUT2D eigenvalue weighted by Crippen LogP contribution is 2.47. The SMILES string of the molecule is C=C(NC(C)C)C1Cc2cc(C(=O)OCC)nc(-c3cccc(-c4cccnc4)c3)c2[C@H]1CCC. The molecule has 4 rings (SSSR count). The molecule has 0 saturated heterocycles. The molecule has 3 aromatic rings. The maximum atomic E-state index is 12.8. The molecule has 1 N–H and O–H groups in total. The van der Waals surface area contributed by atoms with Gasteiger partial charge in [0, 0.05) is 41.2 Å². The number of hydrogen-bond acceptors (Lipinski definition) is 5. The second-order valence-electron chi connectivity index (χ2n) is 9.50. The molecule has 0 radical (unpaired) electrons. The molecule has 0 fully saturated rings. The number of hydrogen-bond donors (Lipinski definition) is 1. The van der Waals surface area contributed by atoms with Crippen LogP contribution in [0.1, 0.15) is 68.1 Å². The second-order valence-corrected chi connectivity index (χ2v) is 9.50. The van der Waals surface area contributed by atoms with E-state index in [9.17, 15) is 4.79 Å². The van der Waals surface area contributed by atoms with Crippen molar-refractivity contribution in [1.82, 2.24) is 15.3 Å². The smallest absolute Gasteiger partial charge is 0.356 e. The number of carbonyl (C=O) groups excluding carboxylic acids is 1. The minimum absolute atomic E-state index is 0.256. The summed E-state index contributed by atoms with van der Waals surface area (Å²) in [5, 5.41) is 3.54. The Hall–Kier alpha value is -3.47. The van der Waals surface area contributed by atoms with Gasteiger partial charge in [-0.25, -0.2) is 9.78 Å². The zero-order chi connectivity index (χ0) is 24.9. The molecule has 2 heterocycles. The molecular weight excluding hydrogens is 434 g/mol. The van der Waals surface area contributed by atoms with Crippen LogP contribution < -0.4 is 5.32 Å². The first-order chi connectivity index (χ1) is 16.9. The minimum Gasteiger partial charge on any atom is -0.461 e. The second kappa shape index (κ2) is 10.9. The van der Waals surface area contributed by atoms with E-state index in [1.165, 1.54) is 11.1 Å². The van der Waals surface area contributed by atoms with Gasteiger partial charge in [-0.2, -0.15) is 0 Å². The monoisotopic (exact) mass is 469 g/mol. The number of benzene rings is 1. The number of nitrogens with one attached hydrogen (secondary N) is 1. The quantitative estimate of drug-likeness (QED) is 0.360. The molecule has 1 aliphatic carbocycles. The topological polar surface area (TPSA) is 64.1 Å². The van der Waals surface area contributed by atoms with E-state index in [1.807, 2.05) is 31.3 Å². The van der Waals surface area contributed by atoms with Gasteiger partial charge in [-0.15, -0.1) is 0 Å². The van der Waals surface area contributed by atoms with Gasteiger partial charge in [0.05, 0.1) is 12.3 Å². The molecule has 0 aliphatic heterocycles. The van der Waals surface area contributed by atoms with Crippen LogP contribution in [-0.4, -0.2) is 28.6 Å². The van der Waals surface area contributed by atoms with E-state index in [0.717, 1.165) is 47.3 Å². The highest BCUT2D eigenvalue weighted by molar-refractivity contribution is 5.89. The third kappa shape index (κ3) is 5.29. The van der Waals surface area contributed by atoms with Crippen molar-refractivity contribution in [3.63, 3.8) is 0 Å². The first-order valence-corrected chi connectivity index (χ1v) is 12.6. The molecule has 1 aliphatic rings. The summed E-state index contributed by atoms with van der Waals surface area (Å²) in [4.78, 5) is 22.0. The average Bonchev–Trinajstić information content (AvgIpc) is 3.23. The predicted octanol–water partition coefficient (Wildman–Crippen LogP) is 6.56. The fraction of sp³-hybridized carbons (Fsp3) is 0.367. The minimum atomic E-state index is -0.380. The zero-order valence-corrected chi connectivity index (χ0v) is 21.2. The highest BCUT2D eigenvalue weighted by atomic mass is 16.5. The molecule has 1 aromatic carbocycles. The molecule has 35 heavy (non-hydrogen) atoms. The van der Waals surface area contributed by atoms with Crippen LogP contribution in [0.2, 0.25) is 0 Å². The summed E-state index contributed by atoms with van der Waals surface area (Å²) in [5.74, 6) is 0.163. The van der Waals surface area contributed by atoms with Crippen LogP contribution in [-0.2, 0) is 11.2 Å². The van der Waals surface area contributed by atoms with Gasteiger partial charge in [-0.05, 0) is 74.4 Å². The normalized spacial score (nSPS) is 16.7. The third-order valence-corrected chi connectivity index (χ3v) is 6.58. The molecule has 5 nitrogen and oxygen atoms in total. The largest absolute Gasteiger partial charge is 0.461 e. The van der Waals surface area contributed by atoms with Gasteiger partial charge >= 0.3 is 5.97 Å². The Balaban J connectivity index is 1.86. The number of ether oxygens (including phenoxy) is 1. The number of carbonyl (C=O) groups is 1. The van der Waals surface area contributed by atoms with Crippen LogP contribution in [0, 0.1) is 5.92 Å². The lowest BCUT2D eigenvalue weighted by Gasteiger charge is -2.26. The van der Waals surface area contributed by atoms with Gasteiger partial charge in [-0.3, -0.25) is 4.98 Å². The molecule has 2 atom stereocenters. The van der Waals surface area contributed by atoms with Crippen molar-refractivity contribution in [3.8, 4) is 22.4 Å². The van der Waals surface area contributed by atoms with Crippen LogP contribution in [0.15, 0.2) is 67.1 Å². The molecule has 2 aromatic heterocycles. The number of esters is 1. The number of fused-ring (bicyclic) bond motifs is 1. The van der Waals surface area contributed by atoms with Crippen molar-refractivity contribution in [2.24, 2.45) is 5.92 Å². The Labute approximate surface area is 208 Å². The fourth-order valence-electron chi connectivity index (χ4n) is 5.18. The van der Waals surface area contributed by atoms with E-state index >= 15 is 0 Å². The van der Waals surface area contributed by atoms with Crippen LogP contribution in [0.5, 0.6) is 0 Å². The van der Waals surface area contributed by atoms with Crippen molar-refractivity contribution in [2.45, 2.75) is 58.9 Å². The molecule has 0 saturated carbocycles. The Kier molecular flexibility index (Phi) is 7.64. The van der Waals surface area contributed by atoms with Gasteiger partial charge in [0.2, 0.25) is 0 Å². The van der Waals surface area contributed by atoms with Crippen molar-refractivity contribution in [3.05, 3.63) is 84.0 Å². The Morgan fingerprint density at radius 3 is 2.60 bits per heavy atom. The number of nitrogens with zero attached hydrogens (tertiary/aromatic N) is 2. The summed E-state index contributed by atoms with van der Waals surface area (Å²) < 4.78 is 5.33.